The molecule has 0 unspecified atom stereocenters. The number of carbonyl (C=O) groups excluding carboxylic acids is 3. The van der Waals surface area contributed by atoms with Gasteiger partial charge in [0.1, 0.15) is 0 Å². The second-order valence-electron chi connectivity index (χ2n) is 8.72. The second kappa shape index (κ2) is 11.5. The molecule has 11 nitrogen and oxygen atoms in total. The quantitative estimate of drug-likeness (QED) is 0.490. The van der Waals surface area contributed by atoms with Crippen molar-refractivity contribution in [1.82, 2.24) is 14.5 Å². The van der Waals surface area contributed by atoms with E-state index >= 15 is 0 Å². The number of benzene rings is 1. The molecule has 12 heteroatoms. The van der Waals surface area contributed by atoms with E-state index in [1.54, 1.807) is 20.8 Å². The van der Waals surface area contributed by atoms with E-state index in [2.05, 4.69) is 5.32 Å². The smallest absolute Gasteiger partial charge is 0.308 e. The van der Waals surface area contributed by atoms with Gasteiger partial charge in [-0.3, -0.25) is 14.4 Å². The molecule has 0 aliphatic carbocycles. The molecular formula is C22H33N3O8S. The lowest BCUT2D eigenvalue weighted by atomic mass is 9.96. The van der Waals surface area contributed by atoms with E-state index in [4.69, 9.17) is 14.2 Å². The van der Waals surface area contributed by atoms with Gasteiger partial charge in [-0.15, -0.1) is 0 Å². The Morgan fingerprint density at radius 2 is 1.62 bits per heavy atom. The van der Waals surface area contributed by atoms with Gasteiger partial charge in [0.25, 0.3) is 5.91 Å². The molecule has 0 bridgehead atoms. The van der Waals surface area contributed by atoms with Crippen LogP contribution in [-0.4, -0.2) is 89.0 Å². The van der Waals surface area contributed by atoms with E-state index in [0.29, 0.717) is 11.5 Å². The summed E-state index contributed by atoms with van der Waals surface area (Å²) in [6.45, 7) is 5.53. The van der Waals surface area contributed by atoms with Crippen molar-refractivity contribution in [1.29, 1.82) is 0 Å². The molecule has 0 saturated carbocycles. The first-order valence-electron chi connectivity index (χ1n) is 10.8. The summed E-state index contributed by atoms with van der Waals surface area (Å²) >= 11 is 0. The van der Waals surface area contributed by atoms with Gasteiger partial charge in [-0.2, -0.15) is 4.31 Å². The number of ether oxygens (including phenoxy) is 3. The molecule has 1 heterocycles. The number of nitrogens with one attached hydrogen (secondary N) is 1. The average Bonchev–Trinajstić information content (AvgIpc) is 2.81. The Hall–Kier alpha value is -2.86. The molecule has 0 radical (unpaired) electrons. The molecule has 34 heavy (non-hydrogen) atoms. The van der Waals surface area contributed by atoms with Crippen molar-refractivity contribution in [3.05, 3.63) is 18.2 Å². The molecule has 2 amide bonds. The molecular weight excluding hydrogens is 466 g/mol. The third-order valence-corrected chi connectivity index (χ3v) is 7.13. The summed E-state index contributed by atoms with van der Waals surface area (Å²) in [6.07, 6.45) is -0.0492. The summed E-state index contributed by atoms with van der Waals surface area (Å²) in [5.74, 6) is -0.468. The summed E-state index contributed by atoms with van der Waals surface area (Å²) < 4.78 is 42.6. The highest BCUT2D eigenvalue weighted by Crippen LogP contribution is 2.30. The first-order valence-corrected chi connectivity index (χ1v) is 12.3. The fourth-order valence-corrected chi connectivity index (χ4v) is 4.59. The maximum Gasteiger partial charge on any atom is 0.308 e. The highest BCUT2D eigenvalue weighted by Gasteiger charge is 2.31. The van der Waals surface area contributed by atoms with Gasteiger partial charge in [0.15, 0.2) is 18.1 Å². The van der Waals surface area contributed by atoms with Crippen molar-refractivity contribution in [3.8, 4) is 11.5 Å². The van der Waals surface area contributed by atoms with Crippen molar-refractivity contribution in [2.45, 2.75) is 32.1 Å². The zero-order chi connectivity index (χ0) is 25.5. The number of amides is 2. The lowest BCUT2D eigenvalue weighted by Gasteiger charge is -2.34. The Balaban J connectivity index is 1.82. The molecule has 0 atom stereocenters. The summed E-state index contributed by atoms with van der Waals surface area (Å²) in [4.78, 5) is 37.5. The normalized spacial score (nSPS) is 14.9. The minimum absolute atomic E-state index is 0.0492. The SMILES string of the molecule is COc1ccc(S(=O)(=O)N2CCN(C(=O)COC(=O)CCNC(=O)C(C)(C)C)CC2)cc1OC. The summed E-state index contributed by atoms with van der Waals surface area (Å²) in [7, 11) is -0.896. The molecule has 2 rings (SSSR count). The minimum atomic E-state index is -3.78. The van der Waals surface area contributed by atoms with Gasteiger partial charge in [0.2, 0.25) is 15.9 Å². The van der Waals surface area contributed by atoms with Gasteiger partial charge < -0.3 is 24.4 Å². The largest absolute Gasteiger partial charge is 0.493 e. The Morgan fingerprint density at radius 3 is 2.18 bits per heavy atom. The van der Waals surface area contributed by atoms with Gasteiger partial charge in [-0.1, -0.05) is 20.8 Å². The van der Waals surface area contributed by atoms with E-state index < -0.39 is 33.9 Å². The lowest BCUT2D eigenvalue weighted by molar-refractivity contribution is -0.152. The van der Waals surface area contributed by atoms with Crippen LogP contribution >= 0.6 is 0 Å². The average molecular weight is 500 g/mol. The fraction of sp³-hybridized carbons (Fsp3) is 0.591. The number of nitrogens with zero attached hydrogens (tertiary/aromatic N) is 2. The molecule has 1 aliphatic rings. The third kappa shape index (κ3) is 7.07. The highest BCUT2D eigenvalue weighted by atomic mass is 32.2. The van der Waals surface area contributed by atoms with Gasteiger partial charge in [-0.05, 0) is 12.1 Å². The van der Waals surface area contributed by atoms with E-state index in [1.807, 2.05) is 0 Å². The van der Waals surface area contributed by atoms with Crippen molar-refractivity contribution in [2.24, 2.45) is 5.41 Å². The van der Waals surface area contributed by atoms with Crippen molar-refractivity contribution in [2.75, 3.05) is 53.6 Å². The van der Waals surface area contributed by atoms with E-state index in [0.717, 1.165) is 0 Å². The van der Waals surface area contributed by atoms with E-state index in [1.165, 1.54) is 41.6 Å². The summed E-state index contributed by atoms with van der Waals surface area (Å²) in [5, 5.41) is 2.64. The van der Waals surface area contributed by atoms with Gasteiger partial charge >= 0.3 is 5.97 Å². The monoisotopic (exact) mass is 499 g/mol. The molecule has 1 aromatic rings. The van der Waals surface area contributed by atoms with Gasteiger partial charge in [-0.25, -0.2) is 8.42 Å². The topological polar surface area (TPSA) is 132 Å². The molecule has 1 aromatic carbocycles. The maximum atomic E-state index is 13.0. The molecule has 1 N–H and O–H groups in total. The number of piperazine rings is 1. The van der Waals surface area contributed by atoms with Gasteiger partial charge in [0.05, 0.1) is 25.5 Å². The van der Waals surface area contributed by atoms with Crippen LogP contribution in [0.5, 0.6) is 11.5 Å². The van der Waals surface area contributed by atoms with E-state index in [9.17, 15) is 22.8 Å². The molecule has 0 aromatic heterocycles. The number of esters is 1. The standard InChI is InChI=1S/C22H33N3O8S/c1-22(2,3)21(28)23-9-8-20(27)33-15-19(26)24-10-12-25(13-11-24)34(29,30)16-6-7-17(31-4)18(14-16)32-5/h6-7,14H,8-13,15H2,1-5H3,(H,23,28). The van der Waals surface area contributed by atoms with Crippen molar-refractivity contribution >= 4 is 27.8 Å². The van der Waals surface area contributed by atoms with Crippen LogP contribution in [0.4, 0.5) is 0 Å². The Morgan fingerprint density at radius 1 is 1.00 bits per heavy atom. The Labute approximate surface area is 200 Å². The Kier molecular flexibility index (Phi) is 9.28. The summed E-state index contributed by atoms with van der Waals surface area (Å²) in [6, 6.07) is 4.36. The van der Waals surface area contributed by atoms with Crippen LogP contribution in [0.25, 0.3) is 0 Å². The molecule has 1 saturated heterocycles. The number of carbonyl (C=O) groups is 3. The lowest BCUT2D eigenvalue weighted by Crippen LogP contribution is -2.51. The fourth-order valence-electron chi connectivity index (χ4n) is 3.15. The number of sulfonamides is 1. The van der Waals surface area contributed by atoms with E-state index in [-0.39, 0.29) is 49.9 Å². The number of hydrogen-bond acceptors (Lipinski definition) is 8. The highest BCUT2D eigenvalue weighted by molar-refractivity contribution is 7.89. The first-order chi connectivity index (χ1) is 15.9. The van der Waals surface area contributed by atoms with Crippen LogP contribution in [0.3, 0.4) is 0 Å². The molecule has 1 aliphatic heterocycles. The predicted octanol–water partition coefficient (Wildman–Crippen LogP) is 0.632. The third-order valence-electron chi connectivity index (χ3n) is 5.24. The molecule has 0 spiro atoms. The second-order valence-corrected chi connectivity index (χ2v) is 10.7. The summed E-state index contributed by atoms with van der Waals surface area (Å²) in [5.41, 5.74) is -0.561. The predicted molar refractivity (Wildman–Crippen MR) is 123 cm³/mol. The van der Waals surface area contributed by atoms with Crippen molar-refractivity contribution < 1.29 is 37.0 Å². The minimum Gasteiger partial charge on any atom is -0.493 e. The molecule has 1 fully saturated rings. The van der Waals surface area contributed by atoms with Crippen LogP contribution in [0, 0.1) is 5.41 Å². The zero-order valence-corrected chi connectivity index (χ0v) is 21.1. The van der Waals surface area contributed by atoms with Crippen LogP contribution < -0.4 is 14.8 Å². The van der Waals surface area contributed by atoms with Crippen LogP contribution in [-0.2, 0) is 29.1 Å². The van der Waals surface area contributed by atoms with Crippen LogP contribution in [0.2, 0.25) is 0 Å². The van der Waals surface area contributed by atoms with Crippen molar-refractivity contribution in [3.63, 3.8) is 0 Å². The molecule has 190 valence electrons. The first kappa shape index (κ1) is 27.4. The number of hydrogen-bond donors (Lipinski definition) is 1. The number of rotatable bonds is 9. The van der Waals surface area contributed by atoms with Crippen LogP contribution in [0.1, 0.15) is 27.2 Å². The Bertz CT molecular complexity index is 996. The maximum absolute atomic E-state index is 13.0. The zero-order valence-electron chi connectivity index (χ0n) is 20.3. The number of methoxy groups -OCH3 is 2. The van der Waals surface area contributed by atoms with Gasteiger partial charge in [0, 0.05) is 44.2 Å². The van der Waals surface area contributed by atoms with Crippen LogP contribution in [0.15, 0.2) is 23.1 Å².